The van der Waals surface area contributed by atoms with E-state index in [4.69, 9.17) is 22.1 Å². The van der Waals surface area contributed by atoms with Gasteiger partial charge in [0.25, 0.3) is 0 Å². The molecule has 254 valence electrons. The van der Waals surface area contributed by atoms with Crippen LogP contribution in [0.2, 0.25) is 72.5 Å². The highest BCUT2D eigenvalue weighted by atomic mass is 28.4. The molecule has 0 aliphatic rings. The van der Waals surface area contributed by atoms with Gasteiger partial charge < -0.3 is 22.1 Å². The average molecular weight is 674 g/mol. The van der Waals surface area contributed by atoms with Crippen molar-refractivity contribution in [3.8, 4) is 0 Å². The molecule has 0 amide bonds. The van der Waals surface area contributed by atoms with Gasteiger partial charge in [-0.05, 0) is 79.5 Å². The maximum Gasteiger partial charge on any atom is 0.221 e. The predicted molar refractivity (Wildman–Crippen MR) is 194 cm³/mol. The Hall–Kier alpha value is -0.0825. The molecule has 0 aliphatic heterocycles. The van der Waals surface area contributed by atoms with Gasteiger partial charge in [-0.1, -0.05) is 83.1 Å². The van der Waals surface area contributed by atoms with Crippen molar-refractivity contribution >= 4 is 33.3 Å². The largest absolute Gasteiger partial charge is 0.446 e. The number of rotatable bonds is 13. The van der Waals surface area contributed by atoms with E-state index >= 15 is 0 Å². The monoisotopic (exact) mass is 673 g/mol. The third-order valence-corrected chi connectivity index (χ3v) is 29.1. The molecule has 0 bridgehead atoms. The summed E-state index contributed by atoms with van der Waals surface area (Å²) in [5.74, 6) is 0.609. The molecule has 0 spiro atoms. The van der Waals surface area contributed by atoms with Gasteiger partial charge in [0.15, 0.2) is 33.3 Å². The molecule has 0 saturated carbocycles. The topological polar surface area (TPSA) is 63.0 Å². The smallest absolute Gasteiger partial charge is 0.221 e. The van der Waals surface area contributed by atoms with E-state index in [0.717, 1.165) is 0 Å². The summed E-state index contributed by atoms with van der Waals surface area (Å²) in [5.41, 5.74) is 0. The van der Waals surface area contributed by atoms with E-state index in [0.29, 0.717) is 12.3 Å². The molecule has 10 heteroatoms. The zero-order chi connectivity index (χ0) is 34.3. The molecule has 0 saturated heterocycles. The first-order chi connectivity index (χ1) is 18.8. The van der Waals surface area contributed by atoms with Crippen molar-refractivity contribution in [2.24, 2.45) is 0 Å². The maximum atomic E-state index is 7.41. The Morgan fingerprint density at radius 1 is 0.605 bits per heavy atom. The third kappa shape index (κ3) is 10.7. The van der Waals surface area contributed by atoms with Gasteiger partial charge in [0, 0.05) is 6.42 Å². The van der Waals surface area contributed by atoms with Crippen molar-refractivity contribution in [3.05, 3.63) is 18.4 Å². The van der Waals surface area contributed by atoms with Crippen LogP contribution in [0.3, 0.4) is 0 Å². The Kier molecular flexibility index (Phi) is 12.9. The van der Waals surface area contributed by atoms with E-state index in [1.807, 2.05) is 0 Å². The van der Waals surface area contributed by atoms with Gasteiger partial charge in [-0.3, -0.25) is 0 Å². The molecule has 0 aliphatic carbocycles. The molecule has 0 fully saturated rings. The molecule has 43 heavy (non-hydrogen) atoms. The SMILES string of the molecule is CC(O[Si](C)(C)C(C)(C)C)C(O[Si](C)(C)C(C)(C)C)C(CC(O[Si](C)(C)C(C)(C)C)c1ncco1)O[Si](C)(C)C(C)(C)C. The Bertz CT molecular complexity index is 996. The van der Waals surface area contributed by atoms with E-state index in [9.17, 15) is 0 Å². The first kappa shape index (κ1) is 40.9. The summed E-state index contributed by atoms with van der Waals surface area (Å²) in [4.78, 5) is 4.62. The van der Waals surface area contributed by atoms with E-state index in [-0.39, 0.29) is 44.6 Å². The maximum absolute atomic E-state index is 7.41. The summed E-state index contributed by atoms with van der Waals surface area (Å²) in [6.07, 6.45) is 2.89. The molecule has 0 N–H and O–H groups in total. The van der Waals surface area contributed by atoms with Crippen LogP contribution in [0.4, 0.5) is 0 Å². The highest BCUT2D eigenvalue weighted by molar-refractivity contribution is 6.75. The third-order valence-electron chi connectivity index (χ3n) is 11.0. The number of nitrogens with zero attached hydrogens (tertiary/aromatic N) is 1. The minimum Gasteiger partial charge on any atom is -0.446 e. The molecule has 6 nitrogen and oxygen atoms in total. The van der Waals surface area contributed by atoms with Crippen molar-refractivity contribution in [3.63, 3.8) is 0 Å². The van der Waals surface area contributed by atoms with Crippen LogP contribution in [0.25, 0.3) is 0 Å². The van der Waals surface area contributed by atoms with Crippen molar-refractivity contribution in [1.29, 1.82) is 0 Å². The molecule has 4 unspecified atom stereocenters. The van der Waals surface area contributed by atoms with Gasteiger partial charge in [0.2, 0.25) is 5.89 Å². The molecule has 0 aromatic carbocycles. The van der Waals surface area contributed by atoms with Gasteiger partial charge in [0.1, 0.15) is 12.4 Å². The lowest BCUT2D eigenvalue weighted by Crippen LogP contribution is -2.57. The standard InChI is InChI=1S/C33H71NO5Si4/c1-25(36-40(14,15)30(2,3)4)28(39-43(20,21)33(11,12)13)26(37-41(16,17)31(5,6)7)24-27(29-34-22-23-35-29)38-42(18,19)32(8,9)10/h22-23,25-28H,24H2,1-21H3. The normalized spacial score (nSPS) is 18.0. The number of hydrogen-bond donors (Lipinski definition) is 0. The second kappa shape index (κ2) is 13.6. The minimum absolute atomic E-state index is 0.0228. The Labute approximate surface area is 271 Å². The van der Waals surface area contributed by atoms with Crippen LogP contribution in [-0.4, -0.2) is 56.6 Å². The summed E-state index contributed by atoms with van der Waals surface area (Å²) in [6.45, 7) is 48.3. The summed E-state index contributed by atoms with van der Waals surface area (Å²) < 4.78 is 35.0. The summed E-state index contributed by atoms with van der Waals surface area (Å²) in [6, 6.07) is 0. The van der Waals surface area contributed by atoms with Crippen molar-refractivity contribution in [2.45, 2.75) is 193 Å². The van der Waals surface area contributed by atoms with Crippen molar-refractivity contribution in [2.75, 3.05) is 0 Å². The van der Waals surface area contributed by atoms with Gasteiger partial charge in [-0.15, -0.1) is 0 Å². The predicted octanol–water partition coefficient (Wildman–Crippen LogP) is 11.3. The second-order valence-electron chi connectivity index (χ2n) is 18.8. The fourth-order valence-corrected chi connectivity index (χ4v) is 9.24. The lowest BCUT2D eigenvalue weighted by molar-refractivity contribution is -0.0512. The lowest BCUT2D eigenvalue weighted by Gasteiger charge is -2.49. The summed E-state index contributed by atoms with van der Waals surface area (Å²) >= 11 is 0. The van der Waals surface area contributed by atoms with Crippen LogP contribution >= 0.6 is 0 Å². The molecular formula is C33H71NO5Si4. The summed E-state index contributed by atoms with van der Waals surface area (Å²) in [5, 5.41) is 0.159. The van der Waals surface area contributed by atoms with E-state index in [2.05, 4.69) is 147 Å². The summed E-state index contributed by atoms with van der Waals surface area (Å²) in [7, 11) is -8.78. The number of oxazole rings is 1. The number of hydrogen-bond acceptors (Lipinski definition) is 6. The highest BCUT2D eigenvalue weighted by Crippen LogP contribution is 2.46. The van der Waals surface area contributed by atoms with Crippen LogP contribution in [-0.2, 0) is 17.7 Å². The van der Waals surface area contributed by atoms with Gasteiger partial charge in [-0.2, -0.15) is 0 Å². The molecular weight excluding hydrogens is 603 g/mol. The van der Waals surface area contributed by atoms with E-state index in [1.54, 1.807) is 12.5 Å². The fourth-order valence-electron chi connectivity index (χ4n) is 3.84. The van der Waals surface area contributed by atoms with Crippen molar-refractivity contribution < 1.29 is 22.1 Å². The van der Waals surface area contributed by atoms with Gasteiger partial charge in [-0.25, -0.2) is 4.98 Å². The number of aromatic nitrogens is 1. The molecule has 1 aromatic heterocycles. The average Bonchev–Trinajstić information content (AvgIpc) is 3.27. The second-order valence-corrected chi connectivity index (χ2v) is 37.8. The van der Waals surface area contributed by atoms with Crippen LogP contribution in [0.1, 0.15) is 108 Å². The van der Waals surface area contributed by atoms with Crippen molar-refractivity contribution in [1.82, 2.24) is 4.98 Å². The zero-order valence-corrected chi connectivity index (χ0v) is 36.2. The van der Waals surface area contributed by atoms with E-state index < -0.39 is 33.3 Å². The quantitative estimate of drug-likeness (QED) is 0.194. The van der Waals surface area contributed by atoms with Crippen LogP contribution < -0.4 is 0 Å². The lowest BCUT2D eigenvalue weighted by atomic mass is 10.0. The highest BCUT2D eigenvalue weighted by Gasteiger charge is 2.50. The fraction of sp³-hybridized carbons (Fsp3) is 0.909. The Morgan fingerprint density at radius 3 is 1.35 bits per heavy atom. The Morgan fingerprint density at radius 2 is 0.977 bits per heavy atom. The van der Waals surface area contributed by atoms with Gasteiger partial charge in [0.05, 0.1) is 24.5 Å². The molecule has 1 aromatic rings. The molecule has 1 rings (SSSR count). The molecule has 0 radical (unpaired) electrons. The van der Waals surface area contributed by atoms with Crippen LogP contribution in [0.5, 0.6) is 0 Å². The van der Waals surface area contributed by atoms with E-state index in [1.165, 1.54) is 0 Å². The Balaban J connectivity index is 3.87. The minimum atomic E-state index is -2.24. The first-order valence-electron chi connectivity index (χ1n) is 16.4. The van der Waals surface area contributed by atoms with Crippen LogP contribution in [0, 0.1) is 0 Å². The van der Waals surface area contributed by atoms with Gasteiger partial charge >= 0.3 is 0 Å². The molecule has 1 heterocycles. The molecule has 4 atom stereocenters. The zero-order valence-electron chi connectivity index (χ0n) is 32.2. The first-order valence-corrected chi connectivity index (χ1v) is 28.0. The van der Waals surface area contributed by atoms with Crippen LogP contribution in [0.15, 0.2) is 16.9 Å².